The van der Waals surface area contributed by atoms with Crippen molar-refractivity contribution in [1.82, 2.24) is 14.2 Å². The van der Waals surface area contributed by atoms with Gasteiger partial charge in [0.05, 0.1) is 11.3 Å². The first-order valence-electron chi connectivity index (χ1n) is 6.58. The fourth-order valence-electron chi connectivity index (χ4n) is 2.16. The minimum absolute atomic E-state index is 0.175. The normalized spacial score (nSPS) is 17.9. The largest absolute Gasteiger partial charge is 0.366 e. The molecule has 6 nitrogen and oxygen atoms in total. The van der Waals surface area contributed by atoms with Crippen LogP contribution in [-0.4, -0.2) is 68.1 Å². The van der Waals surface area contributed by atoms with E-state index < -0.39 is 15.8 Å². The van der Waals surface area contributed by atoms with Crippen molar-refractivity contribution in [2.24, 2.45) is 0 Å². The minimum Gasteiger partial charge on any atom is -0.366 e. The molecule has 1 aliphatic rings. The number of anilines is 1. The van der Waals surface area contributed by atoms with Crippen LogP contribution in [-0.2, 0) is 10.0 Å². The van der Waals surface area contributed by atoms with E-state index in [0.717, 1.165) is 0 Å². The molecule has 21 heavy (non-hydrogen) atoms. The van der Waals surface area contributed by atoms with Gasteiger partial charge in [-0.25, -0.2) is 17.8 Å². The third kappa shape index (κ3) is 4.77. The fraction of sp³-hybridized carbons (Fsp3) is 0.583. The molecule has 0 bridgehead atoms. The molecule has 118 valence electrons. The Bertz CT molecular complexity index is 591. The molecule has 1 aromatic heterocycles. The number of pyridine rings is 1. The SMILES string of the molecule is CS(=O)(=O)N1CCN(CCNc2ncc(Cl)cc2F)CC1. The number of halogens is 2. The van der Waals surface area contributed by atoms with Crippen LogP contribution in [0.2, 0.25) is 5.02 Å². The molecule has 1 aromatic rings. The van der Waals surface area contributed by atoms with Crippen LogP contribution < -0.4 is 5.32 Å². The van der Waals surface area contributed by atoms with Crippen molar-refractivity contribution in [3.63, 3.8) is 0 Å². The van der Waals surface area contributed by atoms with Crippen molar-refractivity contribution in [3.05, 3.63) is 23.1 Å². The second kappa shape index (κ2) is 6.87. The zero-order valence-electron chi connectivity index (χ0n) is 11.7. The number of hydrogen-bond donors (Lipinski definition) is 1. The summed E-state index contributed by atoms with van der Waals surface area (Å²) in [6, 6.07) is 1.21. The molecular weight excluding hydrogens is 319 g/mol. The molecule has 9 heteroatoms. The van der Waals surface area contributed by atoms with E-state index in [-0.39, 0.29) is 10.8 Å². The van der Waals surface area contributed by atoms with Gasteiger partial charge in [0.15, 0.2) is 11.6 Å². The van der Waals surface area contributed by atoms with E-state index >= 15 is 0 Å². The van der Waals surface area contributed by atoms with Gasteiger partial charge in [0.25, 0.3) is 0 Å². The molecule has 1 aliphatic heterocycles. The van der Waals surface area contributed by atoms with Gasteiger partial charge in [0.1, 0.15) is 0 Å². The predicted molar refractivity (Wildman–Crippen MR) is 80.6 cm³/mol. The Morgan fingerprint density at radius 3 is 2.62 bits per heavy atom. The van der Waals surface area contributed by atoms with E-state index in [2.05, 4.69) is 15.2 Å². The fourth-order valence-corrected chi connectivity index (χ4v) is 3.13. The van der Waals surface area contributed by atoms with Crippen LogP contribution in [0.5, 0.6) is 0 Å². The van der Waals surface area contributed by atoms with E-state index in [4.69, 9.17) is 11.6 Å². The molecular formula is C12H18ClFN4O2S. The van der Waals surface area contributed by atoms with Crippen LogP contribution in [0.25, 0.3) is 0 Å². The van der Waals surface area contributed by atoms with Crippen molar-refractivity contribution in [1.29, 1.82) is 0 Å². The predicted octanol–water partition coefficient (Wildman–Crippen LogP) is 0.863. The van der Waals surface area contributed by atoms with Gasteiger partial charge in [0, 0.05) is 45.5 Å². The van der Waals surface area contributed by atoms with Gasteiger partial charge >= 0.3 is 0 Å². The van der Waals surface area contributed by atoms with Crippen LogP contribution in [0.4, 0.5) is 10.2 Å². The van der Waals surface area contributed by atoms with Crippen molar-refractivity contribution < 1.29 is 12.8 Å². The lowest BCUT2D eigenvalue weighted by molar-refractivity contribution is 0.194. The number of sulfonamides is 1. The van der Waals surface area contributed by atoms with E-state index in [1.807, 2.05) is 0 Å². The number of aromatic nitrogens is 1. The molecule has 2 rings (SSSR count). The third-order valence-electron chi connectivity index (χ3n) is 3.33. The Morgan fingerprint density at radius 2 is 2.05 bits per heavy atom. The highest BCUT2D eigenvalue weighted by Gasteiger charge is 2.22. The number of piperazine rings is 1. The second-order valence-electron chi connectivity index (χ2n) is 4.91. The molecule has 0 amide bonds. The van der Waals surface area contributed by atoms with Crippen molar-refractivity contribution in [3.8, 4) is 0 Å². The Morgan fingerprint density at radius 1 is 1.38 bits per heavy atom. The number of nitrogens with one attached hydrogen (secondary N) is 1. The molecule has 1 fully saturated rings. The summed E-state index contributed by atoms with van der Waals surface area (Å²) in [5.41, 5.74) is 0. The Balaban J connectivity index is 1.75. The molecule has 0 atom stereocenters. The van der Waals surface area contributed by atoms with E-state index in [9.17, 15) is 12.8 Å². The van der Waals surface area contributed by atoms with Crippen LogP contribution in [0.1, 0.15) is 0 Å². The van der Waals surface area contributed by atoms with Crippen LogP contribution >= 0.6 is 11.6 Å². The van der Waals surface area contributed by atoms with Crippen LogP contribution in [0.15, 0.2) is 12.3 Å². The van der Waals surface area contributed by atoms with Gasteiger partial charge < -0.3 is 5.32 Å². The van der Waals surface area contributed by atoms with Crippen molar-refractivity contribution >= 4 is 27.4 Å². The van der Waals surface area contributed by atoms with Gasteiger partial charge in [-0.2, -0.15) is 4.31 Å². The van der Waals surface area contributed by atoms with Crippen LogP contribution in [0, 0.1) is 5.82 Å². The average Bonchev–Trinajstić information content (AvgIpc) is 2.41. The molecule has 1 saturated heterocycles. The van der Waals surface area contributed by atoms with Gasteiger partial charge in [-0.3, -0.25) is 4.90 Å². The number of nitrogens with zero attached hydrogens (tertiary/aromatic N) is 3. The van der Waals surface area contributed by atoms with Crippen molar-refractivity contribution in [2.75, 3.05) is 50.8 Å². The monoisotopic (exact) mass is 336 g/mol. The van der Waals surface area contributed by atoms with Crippen LogP contribution in [0.3, 0.4) is 0 Å². The highest BCUT2D eigenvalue weighted by molar-refractivity contribution is 7.88. The van der Waals surface area contributed by atoms with Gasteiger partial charge in [-0.05, 0) is 6.07 Å². The van der Waals surface area contributed by atoms with Crippen molar-refractivity contribution in [2.45, 2.75) is 0 Å². The molecule has 0 unspecified atom stereocenters. The average molecular weight is 337 g/mol. The van der Waals surface area contributed by atoms with Gasteiger partial charge in [-0.15, -0.1) is 0 Å². The first-order valence-corrected chi connectivity index (χ1v) is 8.81. The maximum absolute atomic E-state index is 13.5. The molecule has 0 spiro atoms. The number of rotatable bonds is 5. The Hall–Kier alpha value is -0.960. The smallest absolute Gasteiger partial charge is 0.211 e. The first-order chi connectivity index (χ1) is 9.86. The lowest BCUT2D eigenvalue weighted by atomic mass is 10.3. The topological polar surface area (TPSA) is 65.5 Å². The van der Waals surface area contributed by atoms with E-state index in [0.29, 0.717) is 39.3 Å². The highest BCUT2D eigenvalue weighted by atomic mass is 35.5. The van der Waals surface area contributed by atoms with Gasteiger partial charge in [-0.1, -0.05) is 11.6 Å². The first kappa shape index (κ1) is 16.4. The van der Waals surface area contributed by atoms with E-state index in [1.54, 1.807) is 0 Å². The summed E-state index contributed by atoms with van der Waals surface area (Å²) in [6.07, 6.45) is 2.61. The Labute approximate surface area is 128 Å². The maximum Gasteiger partial charge on any atom is 0.211 e. The quantitative estimate of drug-likeness (QED) is 0.864. The summed E-state index contributed by atoms with van der Waals surface area (Å²) in [4.78, 5) is 6.01. The number of hydrogen-bond acceptors (Lipinski definition) is 5. The van der Waals surface area contributed by atoms with Gasteiger partial charge in [0.2, 0.25) is 10.0 Å². The second-order valence-corrected chi connectivity index (χ2v) is 7.33. The molecule has 2 heterocycles. The summed E-state index contributed by atoms with van der Waals surface area (Å²) in [5.74, 6) is -0.307. The minimum atomic E-state index is -3.10. The van der Waals surface area contributed by atoms with E-state index in [1.165, 1.54) is 22.8 Å². The Kier molecular flexibility index (Phi) is 5.37. The molecule has 0 aromatic carbocycles. The molecule has 1 N–H and O–H groups in total. The summed E-state index contributed by atoms with van der Waals surface area (Å²) in [6.45, 7) is 3.56. The summed E-state index contributed by atoms with van der Waals surface area (Å²) < 4.78 is 37.8. The molecule has 0 aliphatic carbocycles. The standard InChI is InChI=1S/C12H18ClFN4O2S/c1-21(19,20)18-6-4-17(5-7-18)3-2-15-12-11(14)8-10(13)9-16-12/h8-9H,2-7H2,1H3,(H,15,16). The summed E-state index contributed by atoms with van der Waals surface area (Å²) >= 11 is 5.63. The summed E-state index contributed by atoms with van der Waals surface area (Å²) in [7, 11) is -3.10. The lowest BCUT2D eigenvalue weighted by Crippen LogP contribution is -2.49. The zero-order chi connectivity index (χ0) is 15.5. The summed E-state index contributed by atoms with van der Waals surface area (Å²) in [5, 5.41) is 3.17. The maximum atomic E-state index is 13.5. The third-order valence-corrected chi connectivity index (χ3v) is 4.84. The lowest BCUT2D eigenvalue weighted by Gasteiger charge is -2.33. The highest BCUT2D eigenvalue weighted by Crippen LogP contribution is 2.15. The molecule has 0 saturated carbocycles. The zero-order valence-corrected chi connectivity index (χ0v) is 13.3. The molecule has 0 radical (unpaired) electrons.